The lowest BCUT2D eigenvalue weighted by Crippen LogP contribution is -1.83. The molecule has 96 valence electrons. The Balaban J connectivity index is 1.85. The highest BCUT2D eigenvalue weighted by atomic mass is 127. The molecular formula is C19H13I. The topological polar surface area (TPSA) is 0 Å². The summed E-state index contributed by atoms with van der Waals surface area (Å²) in [6.07, 6.45) is 1.07. The van der Waals surface area contributed by atoms with Gasteiger partial charge in [0.05, 0.1) is 0 Å². The molecule has 0 N–H and O–H groups in total. The maximum atomic E-state index is 2.35. The number of hydrogen-bond acceptors (Lipinski definition) is 0. The molecular weight excluding hydrogens is 355 g/mol. The summed E-state index contributed by atoms with van der Waals surface area (Å²) in [5, 5.41) is 0. The second-order valence-corrected chi connectivity index (χ2v) is 6.46. The molecule has 1 aliphatic rings. The van der Waals surface area contributed by atoms with Crippen molar-refractivity contribution in [1.82, 2.24) is 0 Å². The highest BCUT2D eigenvalue weighted by Gasteiger charge is 2.17. The lowest BCUT2D eigenvalue weighted by atomic mass is 9.99. The molecule has 0 radical (unpaired) electrons. The fraction of sp³-hybridized carbons (Fsp3) is 0.0526. The highest BCUT2D eigenvalue weighted by Crippen LogP contribution is 2.38. The van der Waals surface area contributed by atoms with E-state index in [4.69, 9.17) is 0 Å². The lowest BCUT2D eigenvalue weighted by Gasteiger charge is -2.06. The fourth-order valence-electron chi connectivity index (χ4n) is 2.95. The van der Waals surface area contributed by atoms with Gasteiger partial charge < -0.3 is 0 Å². The van der Waals surface area contributed by atoms with Crippen LogP contribution in [0.25, 0.3) is 22.3 Å². The van der Waals surface area contributed by atoms with Crippen LogP contribution < -0.4 is 0 Å². The van der Waals surface area contributed by atoms with Gasteiger partial charge >= 0.3 is 0 Å². The smallest absolute Gasteiger partial charge is 0.0130 e. The Morgan fingerprint density at radius 1 is 0.650 bits per heavy atom. The molecule has 0 nitrogen and oxygen atoms in total. The predicted octanol–water partition coefficient (Wildman–Crippen LogP) is 5.53. The van der Waals surface area contributed by atoms with Gasteiger partial charge in [-0.1, -0.05) is 48.5 Å². The molecule has 0 aliphatic heterocycles. The molecule has 3 aromatic carbocycles. The highest BCUT2D eigenvalue weighted by molar-refractivity contribution is 14.1. The molecule has 0 unspecified atom stereocenters. The Bertz CT molecular complexity index is 785. The van der Waals surface area contributed by atoms with E-state index in [1.807, 2.05) is 0 Å². The summed E-state index contributed by atoms with van der Waals surface area (Å²) in [7, 11) is 0. The number of rotatable bonds is 1. The number of halogens is 1. The van der Waals surface area contributed by atoms with Gasteiger partial charge in [-0.15, -0.1) is 0 Å². The SMILES string of the molecule is Ic1ccc(-c2ccc3c(c2)-c2ccccc2C3)cc1. The van der Waals surface area contributed by atoms with Crippen LogP contribution >= 0.6 is 22.6 Å². The van der Waals surface area contributed by atoms with Crippen LogP contribution in [0.3, 0.4) is 0 Å². The third kappa shape index (κ3) is 1.97. The van der Waals surface area contributed by atoms with Crippen molar-refractivity contribution in [3.63, 3.8) is 0 Å². The second-order valence-electron chi connectivity index (χ2n) is 5.21. The second kappa shape index (κ2) is 4.74. The van der Waals surface area contributed by atoms with Crippen molar-refractivity contribution in [2.24, 2.45) is 0 Å². The summed E-state index contributed by atoms with van der Waals surface area (Å²) in [6, 6.07) is 24.3. The Kier molecular flexibility index (Phi) is 2.88. The molecule has 0 aromatic heterocycles. The van der Waals surface area contributed by atoms with Crippen molar-refractivity contribution < 1.29 is 0 Å². The molecule has 1 heteroatoms. The van der Waals surface area contributed by atoms with E-state index >= 15 is 0 Å². The molecule has 20 heavy (non-hydrogen) atoms. The summed E-state index contributed by atoms with van der Waals surface area (Å²) < 4.78 is 1.28. The van der Waals surface area contributed by atoms with Crippen LogP contribution in [0, 0.1) is 3.57 Å². The van der Waals surface area contributed by atoms with E-state index in [0.717, 1.165) is 6.42 Å². The van der Waals surface area contributed by atoms with E-state index in [9.17, 15) is 0 Å². The zero-order valence-electron chi connectivity index (χ0n) is 10.9. The summed E-state index contributed by atoms with van der Waals surface area (Å²) >= 11 is 2.35. The van der Waals surface area contributed by atoms with Gasteiger partial charge in [-0.25, -0.2) is 0 Å². The third-order valence-corrected chi connectivity index (χ3v) is 4.70. The van der Waals surface area contributed by atoms with Gasteiger partial charge in [0.2, 0.25) is 0 Å². The van der Waals surface area contributed by atoms with Crippen molar-refractivity contribution in [1.29, 1.82) is 0 Å². The van der Waals surface area contributed by atoms with Gasteiger partial charge in [-0.05, 0) is 80.6 Å². The number of benzene rings is 3. The Morgan fingerprint density at radius 2 is 1.35 bits per heavy atom. The first-order valence-electron chi connectivity index (χ1n) is 6.78. The summed E-state index contributed by atoms with van der Waals surface area (Å²) in [6.45, 7) is 0. The molecule has 0 amide bonds. The molecule has 0 atom stereocenters. The Morgan fingerprint density at radius 3 is 2.20 bits per heavy atom. The average molecular weight is 368 g/mol. The van der Waals surface area contributed by atoms with Crippen molar-refractivity contribution in [2.45, 2.75) is 6.42 Å². The zero-order chi connectivity index (χ0) is 13.5. The van der Waals surface area contributed by atoms with E-state index in [0.29, 0.717) is 0 Å². The molecule has 0 spiro atoms. The number of fused-ring (bicyclic) bond motifs is 3. The minimum absolute atomic E-state index is 1.07. The van der Waals surface area contributed by atoms with Crippen LogP contribution in [-0.4, -0.2) is 0 Å². The third-order valence-electron chi connectivity index (χ3n) is 3.98. The first-order chi connectivity index (χ1) is 9.81. The molecule has 0 bridgehead atoms. The minimum atomic E-state index is 1.07. The van der Waals surface area contributed by atoms with E-state index < -0.39 is 0 Å². The molecule has 1 aliphatic carbocycles. The predicted molar refractivity (Wildman–Crippen MR) is 92.8 cm³/mol. The van der Waals surface area contributed by atoms with Crippen LogP contribution in [0.2, 0.25) is 0 Å². The minimum Gasteiger partial charge on any atom is -0.0619 e. The molecule has 0 saturated carbocycles. The van der Waals surface area contributed by atoms with Crippen molar-refractivity contribution >= 4 is 22.6 Å². The lowest BCUT2D eigenvalue weighted by molar-refractivity contribution is 1.26. The maximum Gasteiger partial charge on any atom is 0.0130 e. The quantitative estimate of drug-likeness (QED) is 0.388. The van der Waals surface area contributed by atoms with Crippen LogP contribution in [-0.2, 0) is 6.42 Å². The van der Waals surface area contributed by atoms with Gasteiger partial charge in [0, 0.05) is 3.57 Å². The van der Waals surface area contributed by atoms with Gasteiger partial charge in [0.25, 0.3) is 0 Å². The van der Waals surface area contributed by atoms with Gasteiger partial charge in [0.15, 0.2) is 0 Å². The molecule has 0 saturated heterocycles. The summed E-state index contributed by atoms with van der Waals surface area (Å²) in [4.78, 5) is 0. The largest absolute Gasteiger partial charge is 0.0619 e. The Labute approximate surface area is 132 Å². The number of hydrogen-bond donors (Lipinski definition) is 0. The first kappa shape index (κ1) is 12.2. The van der Waals surface area contributed by atoms with Crippen molar-refractivity contribution in [3.05, 3.63) is 81.4 Å². The molecule has 0 heterocycles. The van der Waals surface area contributed by atoms with E-state index in [2.05, 4.69) is 89.3 Å². The van der Waals surface area contributed by atoms with E-state index in [1.165, 1.54) is 37.0 Å². The summed E-state index contributed by atoms with van der Waals surface area (Å²) in [5.74, 6) is 0. The fourth-order valence-corrected chi connectivity index (χ4v) is 3.31. The average Bonchev–Trinajstić information content (AvgIpc) is 2.86. The van der Waals surface area contributed by atoms with Gasteiger partial charge in [-0.3, -0.25) is 0 Å². The van der Waals surface area contributed by atoms with Gasteiger partial charge in [-0.2, -0.15) is 0 Å². The van der Waals surface area contributed by atoms with Crippen molar-refractivity contribution in [3.8, 4) is 22.3 Å². The standard InChI is InChI=1S/C19H13I/c20-17-9-7-13(8-10-17)14-5-6-16-11-15-3-1-2-4-18(15)19(16)12-14/h1-10,12H,11H2. The summed E-state index contributed by atoms with van der Waals surface area (Å²) in [5.41, 5.74) is 8.28. The van der Waals surface area contributed by atoms with Crippen LogP contribution in [0.15, 0.2) is 66.7 Å². The zero-order valence-corrected chi connectivity index (χ0v) is 13.1. The van der Waals surface area contributed by atoms with Gasteiger partial charge in [0.1, 0.15) is 0 Å². The van der Waals surface area contributed by atoms with Crippen LogP contribution in [0.5, 0.6) is 0 Å². The van der Waals surface area contributed by atoms with Crippen LogP contribution in [0.4, 0.5) is 0 Å². The Hall–Kier alpha value is -1.61. The van der Waals surface area contributed by atoms with Crippen molar-refractivity contribution in [2.75, 3.05) is 0 Å². The monoisotopic (exact) mass is 368 g/mol. The molecule has 4 rings (SSSR count). The maximum absolute atomic E-state index is 2.35. The van der Waals surface area contributed by atoms with Crippen LogP contribution in [0.1, 0.15) is 11.1 Å². The van der Waals surface area contributed by atoms with E-state index in [-0.39, 0.29) is 0 Å². The van der Waals surface area contributed by atoms with E-state index in [1.54, 1.807) is 0 Å². The molecule has 0 fully saturated rings. The molecule has 3 aromatic rings. The first-order valence-corrected chi connectivity index (χ1v) is 7.86. The normalized spacial score (nSPS) is 12.1.